The van der Waals surface area contributed by atoms with Gasteiger partial charge in [0.1, 0.15) is 11.3 Å². The lowest BCUT2D eigenvalue weighted by Crippen LogP contribution is -2.38. The smallest absolute Gasteiger partial charge is 0.337 e. The van der Waals surface area contributed by atoms with Crippen molar-refractivity contribution in [3.63, 3.8) is 0 Å². The van der Waals surface area contributed by atoms with E-state index in [2.05, 4.69) is 38.9 Å². The van der Waals surface area contributed by atoms with Gasteiger partial charge in [-0.3, -0.25) is 4.90 Å². The van der Waals surface area contributed by atoms with E-state index >= 15 is 0 Å². The topological polar surface area (TPSA) is 47.4 Å². The van der Waals surface area contributed by atoms with Gasteiger partial charge in [0.2, 0.25) is 0 Å². The molecule has 3 aromatic rings. The third-order valence-electron chi connectivity index (χ3n) is 5.63. The van der Waals surface area contributed by atoms with Crippen molar-refractivity contribution in [3.8, 4) is 0 Å². The van der Waals surface area contributed by atoms with Gasteiger partial charge in [0.25, 0.3) is 0 Å². The van der Waals surface area contributed by atoms with Crippen molar-refractivity contribution < 1.29 is 13.9 Å². The maximum atomic E-state index is 14.0. The molecule has 0 atom stereocenters. The fourth-order valence-electron chi connectivity index (χ4n) is 4.19. The Kier molecular flexibility index (Phi) is 5.92. The van der Waals surface area contributed by atoms with Gasteiger partial charge < -0.3 is 9.30 Å². The molecule has 31 heavy (non-hydrogen) atoms. The van der Waals surface area contributed by atoms with E-state index in [4.69, 9.17) is 4.74 Å². The molecule has 1 aliphatic heterocycles. The van der Waals surface area contributed by atoms with Gasteiger partial charge in [-0.05, 0) is 61.2 Å². The molecule has 0 spiro atoms. The van der Waals surface area contributed by atoms with Crippen molar-refractivity contribution in [2.75, 3.05) is 26.7 Å². The molecule has 4 rings (SSSR count). The van der Waals surface area contributed by atoms with Gasteiger partial charge in [-0.25, -0.2) is 14.2 Å². The normalized spacial score (nSPS) is 15.2. The molecular formula is C25H28FN3O2. The first-order chi connectivity index (χ1) is 14.8. The van der Waals surface area contributed by atoms with E-state index in [9.17, 15) is 9.18 Å². The van der Waals surface area contributed by atoms with Crippen molar-refractivity contribution in [1.29, 1.82) is 0 Å². The zero-order valence-electron chi connectivity index (χ0n) is 18.3. The molecule has 0 amide bonds. The SMILES string of the molecule is COC(=O)c1ccc(Cn2ccc3c(C4=CCN(CC(C)(C)F)CC4)ccnc32)cc1. The lowest BCUT2D eigenvalue weighted by molar-refractivity contribution is 0.0600. The summed E-state index contributed by atoms with van der Waals surface area (Å²) in [6.07, 6.45) is 7.02. The molecule has 0 fully saturated rings. The van der Waals surface area contributed by atoms with E-state index in [1.165, 1.54) is 18.2 Å². The van der Waals surface area contributed by atoms with E-state index in [-0.39, 0.29) is 5.97 Å². The van der Waals surface area contributed by atoms with Gasteiger partial charge >= 0.3 is 5.97 Å². The number of halogens is 1. The molecule has 1 aliphatic rings. The van der Waals surface area contributed by atoms with Crippen LogP contribution in [0.3, 0.4) is 0 Å². The zero-order valence-corrected chi connectivity index (χ0v) is 18.3. The Balaban J connectivity index is 1.54. The molecule has 0 N–H and O–H groups in total. The van der Waals surface area contributed by atoms with Gasteiger partial charge in [-0.15, -0.1) is 0 Å². The van der Waals surface area contributed by atoms with Crippen molar-refractivity contribution in [2.24, 2.45) is 0 Å². The number of carbonyl (C=O) groups is 1. The minimum absolute atomic E-state index is 0.335. The predicted molar refractivity (Wildman–Crippen MR) is 121 cm³/mol. The number of methoxy groups -OCH3 is 1. The first kappa shape index (κ1) is 21.2. The number of benzene rings is 1. The molecule has 1 aromatic carbocycles. The van der Waals surface area contributed by atoms with Gasteiger partial charge in [-0.1, -0.05) is 18.2 Å². The quantitative estimate of drug-likeness (QED) is 0.541. The van der Waals surface area contributed by atoms with Crippen LogP contribution in [0.4, 0.5) is 4.39 Å². The molecule has 3 heterocycles. The number of alkyl halides is 1. The highest BCUT2D eigenvalue weighted by molar-refractivity contribution is 5.91. The zero-order chi connectivity index (χ0) is 22.0. The van der Waals surface area contributed by atoms with Crippen LogP contribution >= 0.6 is 0 Å². The monoisotopic (exact) mass is 421 g/mol. The number of fused-ring (bicyclic) bond motifs is 1. The number of hydrogen-bond acceptors (Lipinski definition) is 4. The summed E-state index contributed by atoms with van der Waals surface area (Å²) in [5, 5.41) is 1.12. The summed E-state index contributed by atoms with van der Waals surface area (Å²) in [5.74, 6) is -0.335. The number of nitrogens with zero attached hydrogens (tertiary/aromatic N) is 3. The molecule has 5 nitrogen and oxygen atoms in total. The fourth-order valence-corrected chi connectivity index (χ4v) is 4.19. The molecule has 0 radical (unpaired) electrons. The maximum absolute atomic E-state index is 14.0. The van der Waals surface area contributed by atoms with Crippen LogP contribution in [-0.2, 0) is 11.3 Å². The van der Waals surface area contributed by atoms with Crippen molar-refractivity contribution >= 4 is 22.6 Å². The second-order valence-corrected chi connectivity index (χ2v) is 8.66. The van der Waals surface area contributed by atoms with Crippen LogP contribution in [0.15, 0.2) is 54.9 Å². The predicted octanol–water partition coefficient (Wildman–Crippen LogP) is 4.71. The van der Waals surface area contributed by atoms with E-state index in [1.54, 1.807) is 26.0 Å². The minimum Gasteiger partial charge on any atom is -0.465 e. The molecular weight excluding hydrogens is 393 g/mol. The van der Waals surface area contributed by atoms with E-state index in [1.807, 2.05) is 18.3 Å². The molecule has 2 aromatic heterocycles. The number of pyridine rings is 1. The summed E-state index contributed by atoms with van der Waals surface area (Å²) < 4.78 is 20.8. The van der Waals surface area contributed by atoms with Gasteiger partial charge in [0.15, 0.2) is 0 Å². The molecule has 6 heteroatoms. The summed E-state index contributed by atoms with van der Waals surface area (Å²) in [6.45, 7) is 6.00. The Morgan fingerprint density at radius 3 is 2.61 bits per heavy atom. The Morgan fingerprint density at radius 2 is 1.97 bits per heavy atom. The first-order valence-electron chi connectivity index (χ1n) is 10.6. The number of hydrogen-bond donors (Lipinski definition) is 0. The van der Waals surface area contributed by atoms with Crippen molar-refractivity contribution in [2.45, 2.75) is 32.5 Å². The average Bonchev–Trinajstić information content (AvgIpc) is 3.16. The highest BCUT2D eigenvalue weighted by Crippen LogP contribution is 2.30. The van der Waals surface area contributed by atoms with Crippen LogP contribution in [0.5, 0.6) is 0 Å². The number of aromatic nitrogens is 2. The Morgan fingerprint density at radius 1 is 1.19 bits per heavy atom. The van der Waals surface area contributed by atoms with Gasteiger partial charge in [0, 0.05) is 44.0 Å². The Bertz CT molecular complexity index is 1110. The van der Waals surface area contributed by atoms with Crippen LogP contribution in [0.2, 0.25) is 0 Å². The summed E-state index contributed by atoms with van der Waals surface area (Å²) >= 11 is 0. The minimum atomic E-state index is -1.18. The second-order valence-electron chi connectivity index (χ2n) is 8.66. The van der Waals surface area contributed by atoms with Gasteiger partial charge in [-0.2, -0.15) is 0 Å². The lowest BCUT2D eigenvalue weighted by atomic mass is 9.97. The standard InChI is InChI=1S/C25H28FN3O2/c1-25(2,26)17-28-13-9-19(10-14-28)21-8-12-27-23-22(21)11-15-29(23)16-18-4-6-20(7-5-18)24(30)31-3/h4-9,11-12,15H,10,13-14,16-17H2,1-3H3. The highest BCUT2D eigenvalue weighted by Gasteiger charge is 2.23. The summed E-state index contributed by atoms with van der Waals surface area (Å²) in [6, 6.07) is 11.6. The first-order valence-corrected chi connectivity index (χ1v) is 10.6. The molecule has 0 aliphatic carbocycles. The largest absolute Gasteiger partial charge is 0.465 e. The highest BCUT2D eigenvalue weighted by atomic mass is 19.1. The van der Waals surface area contributed by atoms with Crippen LogP contribution in [-0.4, -0.2) is 52.8 Å². The second kappa shape index (κ2) is 8.63. The Hall–Kier alpha value is -2.99. The maximum Gasteiger partial charge on any atom is 0.337 e. The van der Waals surface area contributed by atoms with Crippen molar-refractivity contribution in [3.05, 3.63) is 71.6 Å². The van der Waals surface area contributed by atoms with Crippen LogP contribution in [0.25, 0.3) is 16.6 Å². The van der Waals surface area contributed by atoms with Crippen LogP contribution in [0.1, 0.15) is 41.8 Å². The Labute approximate surface area is 182 Å². The van der Waals surface area contributed by atoms with E-state index in [0.29, 0.717) is 18.7 Å². The molecule has 0 bridgehead atoms. The third kappa shape index (κ3) is 4.85. The van der Waals surface area contributed by atoms with E-state index < -0.39 is 5.67 Å². The number of rotatable bonds is 6. The summed E-state index contributed by atoms with van der Waals surface area (Å²) in [5.41, 5.74) is 3.87. The third-order valence-corrected chi connectivity index (χ3v) is 5.63. The van der Waals surface area contributed by atoms with Gasteiger partial charge in [0.05, 0.1) is 12.7 Å². The number of carbonyl (C=O) groups excluding carboxylic acids is 1. The molecule has 162 valence electrons. The average molecular weight is 422 g/mol. The number of esters is 1. The fraction of sp³-hybridized carbons (Fsp3) is 0.360. The lowest BCUT2D eigenvalue weighted by Gasteiger charge is -2.30. The number of ether oxygens (including phenoxy) is 1. The molecule has 0 saturated heterocycles. The summed E-state index contributed by atoms with van der Waals surface area (Å²) in [7, 11) is 1.38. The van der Waals surface area contributed by atoms with Crippen molar-refractivity contribution in [1.82, 2.24) is 14.5 Å². The summed E-state index contributed by atoms with van der Waals surface area (Å²) in [4.78, 5) is 18.4. The van der Waals surface area contributed by atoms with E-state index in [0.717, 1.165) is 36.1 Å². The van der Waals surface area contributed by atoms with Crippen LogP contribution < -0.4 is 0 Å². The molecule has 0 unspecified atom stereocenters. The molecule has 0 saturated carbocycles. The van der Waals surface area contributed by atoms with Crippen LogP contribution in [0, 0.1) is 0 Å².